The van der Waals surface area contributed by atoms with E-state index in [0.29, 0.717) is 12.1 Å². The molecule has 0 spiro atoms. The molecule has 6 heteroatoms. The highest BCUT2D eigenvalue weighted by atomic mass is 32.1. The summed E-state index contributed by atoms with van der Waals surface area (Å²) in [7, 11) is 0. The van der Waals surface area contributed by atoms with Crippen LogP contribution in [0.3, 0.4) is 0 Å². The lowest BCUT2D eigenvalue weighted by Crippen LogP contribution is -2.13. The van der Waals surface area contributed by atoms with Crippen molar-refractivity contribution < 1.29 is 18.7 Å². The Balaban J connectivity index is 1.62. The zero-order chi connectivity index (χ0) is 18.5. The first kappa shape index (κ1) is 17.9. The third-order valence-corrected chi connectivity index (χ3v) is 4.88. The van der Waals surface area contributed by atoms with Gasteiger partial charge in [-0.25, -0.2) is 4.79 Å². The first-order valence-electron chi connectivity index (χ1n) is 8.15. The van der Waals surface area contributed by atoms with E-state index in [1.807, 2.05) is 54.1 Å². The van der Waals surface area contributed by atoms with Gasteiger partial charge in [0.2, 0.25) is 5.78 Å². The van der Waals surface area contributed by atoms with Crippen molar-refractivity contribution in [3.05, 3.63) is 75.6 Å². The van der Waals surface area contributed by atoms with Gasteiger partial charge in [-0.1, -0.05) is 6.07 Å². The summed E-state index contributed by atoms with van der Waals surface area (Å²) >= 11 is 1.52. The van der Waals surface area contributed by atoms with Crippen LogP contribution in [0.5, 0.6) is 0 Å². The Bertz CT molecular complexity index is 918. The Morgan fingerprint density at radius 1 is 1.27 bits per heavy atom. The van der Waals surface area contributed by atoms with Crippen molar-refractivity contribution in [2.45, 2.75) is 20.4 Å². The van der Waals surface area contributed by atoms with Gasteiger partial charge >= 0.3 is 5.97 Å². The van der Waals surface area contributed by atoms with E-state index in [2.05, 4.69) is 0 Å². The van der Waals surface area contributed by atoms with Gasteiger partial charge in [0.25, 0.3) is 0 Å². The van der Waals surface area contributed by atoms with E-state index >= 15 is 0 Å². The molecule has 134 valence electrons. The van der Waals surface area contributed by atoms with Crippen LogP contribution in [0, 0.1) is 13.8 Å². The van der Waals surface area contributed by atoms with Crippen LogP contribution >= 0.6 is 11.3 Å². The first-order valence-corrected chi connectivity index (χ1v) is 9.03. The molecule has 0 N–H and O–H groups in total. The lowest BCUT2D eigenvalue weighted by Gasteiger charge is -2.07. The molecule has 0 saturated carbocycles. The van der Waals surface area contributed by atoms with Crippen LogP contribution in [-0.4, -0.2) is 22.9 Å². The van der Waals surface area contributed by atoms with E-state index in [1.54, 1.807) is 12.3 Å². The number of hydrogen-bond acceptors (Lipinski definition) is 5. The van der Waals surface area contributed by atoms with Crippen LogP contribution in [-0.2, 0) is 16.1 Å². The van der Waals surface area contributed by atoms with Gasteiger partial charge < -0.3 is 13.7 Å². The fourth-order valence-electron chi connectivity index (χ4n) is 2.68. The van der Waals surface area contributed by atoms with E-state index < -0.39 is 5.97 Å². The first-order chi connectivity index (χ1) is 12.5. The maximum absolute atomic E-state index is 12.4. The van der Waals surface area contributed by atoms with E-state index in [0.717, 1.165) is 22.0 Å². The minimum absolute atomic E-state index is 0.221. The number of nitrogens with zero attached hydrogens (tertiary/aromatic N) is 1. The molecular weight excluding hydrogens is 350 g/mol. The summed E-state index contributed by atoms with van der Waals surface area (Å²) in [6, 6.07) is 9.34. The zero-order valence-electron chi connectivity index (χ0n) is 14.6. The molecule has 0 aliphatic carbocycles. The molecule has 3 heterocycles. The number of furan rings is 1. The molecule has 3 rings (SSSR count). The molecule has 26 heavy (non-hydrogen) atoms. The van der Waals surface area contributed by atoms with Crippen molar-refractivity contribution >= 4 is 29.2 Å². The molecular formula is C20H19NO4S. The third kappa shape index (κ3) is 4.21. The fourth-order valence-corrected chi connectivity index (χ4v) is 3.30. The van der Waals surface area contributed by atoms with Crippen LogP contribution in [0.1, 0.15) is 32.4 Å². The number of rotatable bonds is 7. The topological polar surface area (TPSA) is 61.4 Å². The molecule has 3 aromatic heterocycles. The number of carbonyl (C=O) groups is 2. The van der Waals surface area contributed by atoms with Crippen LogP contribution in [0.15, 0.2) is 52.5 Å². The summed E-state index contributed by atoms with van der Waals surface area (Å²) in [5.74, 6) is 0.0637. The van der Waals surface area contributed by atoms with Gasteiger partial charge in [0, 0.05) is 27.9 Å². The molecule has 0 aliphatic rings. The Kier molecular flexibility index (Phi) is 5.53. The largest absolute Gasteiger partial charge is 0.467 e. The van der Waals surface area contributed by atoms with Gasteiger partial charge in [0.15, 0.2) is 6.61 Å². The average molecular weight is 369 g/mol. The Morgan fingerprint density at radius 2 is 2.12 bits per heavy atom. The quantitative estimate of drug-likeness (QED) is 0.355. The lowest BCUT2D eigenvalue weighted by atomic mass is 10.1. The summed E-state index contributed by atoms with van der Waals surface area (Å²) in [6.45, 7) is 4.09. The number of aromatic nitrogens is 1. The van der Waals surface area contributed by atoms with Crippen LogP contribution < -0.4 is 0 Å². The summed E-state index contributed by atoms with van der Waals surface area (Å²) in [5, 5.41) is 1.92. The maximum Gasteiger partial charge on any atom is 0.331 e. The van der Waals surface area contributed by atoms with Gasteiger partial charge in [0.05, 0.1) is 12.8 Å². The smallest absolute Gasteiger partial charge is 0.331 e. The summed E-state index contributed by atoms with van der Waals surface area (Å²) in [6.07, 6.45) is 4.63. The van der Waals surface area contributed by atoms with E-state index in [-0.39, 0.29) is 12.4 Å². The van der Waals surface area contributed by atoms with Gasteiger partial charge in [-0.15, -0.1) is 11.3 Å². The highest BCUT2D eigenvalue weighted by Crippen LogP contribution is 2.18. The van der Waals surface area contributed by atoms with E-state index in [4.69, 9.17) is 9.15 Å². The number of hydrogen-bond donors (Lipinski definition) is 0. The second-order valence-electron chi connectivity index (χ2n) is 5.83. The number of Topliss-reactive ketones (excluding diaryl/α,β-unsaturated/α-hetero) is 1. The van der Waals surface area contributed by atoms with Crippen molar-refractivity contribution in [1.29, 1.82) is 0 Å². The fraction of sp³-hybridized carbons (Fsp3) is 0.200. The number of thiophene rings is 1. The minimum atomic E-state index is -0.531. The highest BCUT2D eigenvalue weighted by Gasteiger charge is 2.17. The van der Waals surface area contributed by atoms with E-state index in [9.17, 15) is 9.59 Å². The van der Waals surface area contributed by atoms with Crippen molar-refractivity contribution in [2.24, 2.45) is 0 Å². The number of carbonyl (C=O) groups excluding carboxylic acids is 2. The van der Waals surface area contributed by atoms with Gasteiger partial charge in [-0.2, -0.15) is 0 Å². The standard InChI is InChI=1S/C20H19NO4S/c1-14-11-18(15(2)21(14)12-16-5-3-9-24-16)19(22)13-25-20(23)8-7-17-6-4-10-26-17/h3-11H,12-13H2,1-2H3/b8-7+. The molecule has 0 amide bonds. The summed E-state index contributed by atoms with van der Waals surface area (Å²) in [4.78, 5) is 25.2. The van der Waals surface area contributed by atoms with Crippen LogP contribution in [0.25, 0.3) is 6.08 Å². The minimum Gasteiger partial charge on any atom is -0.467 e. The molecule has 0 radical (unpaired) electrons. The second-order valence-corrected chi connectivity index (χ2v) is 6.81. The van der Waals surface area contributed by atoms with Crippen molar-refractivity contribution in [3.8, 4) is 0 Å². The molecule has 5 nitrogen and oxygen atoms in total. The molecule has 0 unspecified atom stereocenters. The summed E-state index contributed by atoms with van der Waals surface area (Å²) in [5.41, 5.74) is 2.34. The normalized spacial score (nSPS) is 11.2. The van der Waals surface area contributed by atoms with Gasteiger partial charge in [0.1, 0.15) is 5.76 Å². The monoisotopic (exact) mass is 369 g/mol. The van der Waals surface area contributed by atoms with Crippen molar-refractivity contribution in [2.75, 3.05) is 6.61 Å². The Labute approximate surface area is 155 Å². The maximum atomic E-state index is 12.4. The second kappa shape index (κ2) is 8.01. The molecule has 0 fully saturated rings. The zero-order valence-corrected chi connectivity index (χ0v) is 15.4. The number of ether oxygens (including phenoxy) is 1. The average Bonchev–Trinajstić information content (AvgIpc) is 3.37. The highest BCUT2D eigenvalue weighted by molar-refractivity contribution is 7.10. The van der Waals surface area contributed by atoms with Crippen molar-refractivity contribution in [1.82, 2.24) is 4.57 Å². The molecule has 0 aromatic carbocycles. The van der Waals surface area contributed by atoms with Crippen LogP contribution in [0.4, 0.5) is 0 Å². The molecule has 0 bridgehead atoms. The van der Waals surface area contributed by atoms with E-state index in [1.165, 1.54) is 17.4 Å². The van der Waals surface area contributed by atoms with Gasteiger partial charge in [-0.3, -0.25) is 4.79 Å². The molecule has 3 aromatic rings. The summed E-state index contributed by atoms with van der Waals surface area (Å²) < 4.78 is 12.4. The van der Waals surface area contributed by atoms with Crippen LogP contribution in [0.2, 0.25) is 0 Å². The third-order valence-electron chi connectivity index (χ3n) is 4.04. The Morgan fingerprint density at radius 3 is 2.81 bits per heavy atom. The van der Waals surface area contributed by atoms with Gasteiger partial charge in [-0.05, 0) is 49.6 Å². The molecule has 0 aliphatic heterocycles. The SMILES string of the molecule is Cc1cc(C(=O)COC(=O)/C=C/c2cccs2)c(C)n1Cc1ccco1. The predicted molar refractivity (Wildman–Crippen MR) is 100 cm³/mol. The lowest BCUT2D eigenvalue weighted by molar-refractivity contribution is -0.136. The predicted octanol–water partition coefficient (Wildman–Crippen LogP) is 4.25. The Hall–Kier alpha value is -2.86. The number of esters is 1. The number of aryl methyl sites for hydroxylation is 1. The van der Waals surface area contributed by atoms with Crippen molar-refractivity contribution in [3.63, 3.8) is 0 Å². The molecule has 0 saturated heterocycles. The molecule has 0 atom stereocenters. The number of ketones is 1.